The molecule has 0 radical (unpaired) electrons. The molecule has 96 valence electrons. The van der Waals surface area contributed by atoms with Crippen molar-refractivity contribution in [2.45, 2.75) is 6.04 Å². The van der Waals surface area contributed by atoms with Crippen molar-refractivity contribution in [3.8, 4) is 5.88 Å². The number of hydrogen-bond donors (Lipinski definition) is 1. The van der Waals surface area contributed by atoms with Crippen LogP contribution in [0, 0.1) is 0 Å². The van der Waals surface area contributed by atoms with Crippen LogP contribution >= 0.6 is 34.5 Å². The summed E-state index contributed by atoms with van der Waals surface area (Å²) in [6.45, 7) is 0. The quantitative estimate of drug-likeness (QED) is 0.942. The highest BCUT2D eigenvalue weighted by atomic mass is 35.5. The van der Waals surface area contributed by atoms with Gasteiger partial charge in [-0.1, -0.05) is 23.2 Å². The number of aromatic nitrogens is 2. The third-order valence-corrected chi connectivity index (χ3v) is 3.96. The number of nitrogens with one attached hydrogen (secondary N) is 1. The summed E-state index contributed by atoms with van der Waals surface area (Å²) in [7, 11) is 3.38. The van der Waals surface area contributed by atoms with Crippen LogP contribution in [0.25, 0.3) is 0 Å². The summed E-state index contributed by atoms with van der Waals surface area (Å²) < 4.78 is 6.48. The van der Waals surface area contributed by atoms with Crippen LogP contribution in [0.2, 0.25) is 8.67 Å². The van der Waals surface area contributed by atoms with Gasteiger partial charge in [-0.05, 0) is 13.1 Å². The summed E-state index contributed by atoms with van der Waals surface area (Å²) in [5, 5.41) is 3.14. The van der Waals surface area contributed by atoms with Crippen LogP contribution in [-0.2, 0) is 0 Å². The average Bonchev–Trinajstić information content (AvgIpc) is 2.70. The summed E-state index contributed by atoms with van der Waals surface area (Å²) in [5.74, 6) is 0.468. The maximum absolute atomic E-state index is 6.17. The molecule has 7 heteroatoms. The van der Waals surface area contributed by atoms with Gasteiger partial charge in [-0.25, -0.2) is 4.98 Å². The zero-order valence-electron chi connectivity index (χ0n) is 9.78. The van der Waals surface area contributed by atoms with Crippen molar-refractivity contribution in [2.24, 2.45) is 0 Å². The molecule has 0 saturated carbocycles. The molecule has 2 rings (SSSR count). The Bertz CT molecular complexity index is 547. The van der Waals surface area contributed by atoms with Gasteiger partial charge in [0.25, 0.3) is 0 Å². The minimum Gasteiger partial charge on any atom is -0.480 e. The van der Waals surface area contributed by atoms with Crippen LogP contribution in [0.15, 0.2) is 18.5 Å². The molecule has 0 saturated heterocycles. The van der Waals surface area contributed by atoms with Gasteiger partial charge in [0.1, 0.15) is 5.69 Å². The monoisotopic (exact) mass is 303 g/mol. The molecule has 4 nitrogen and oxygen atoms in total. The van der Waals surface area contributed by atoms with Crippen molar-refractivity contribution >= 4 is 34.5 Å². The zero-order valence-corrected chi connectivity index (χ0v) is 12.1. The number of hydrogen-bond acceptors (Lipinski definition) is 5. The predicted molar refractivity (Wildman–Crippen MR) is 73.8 cm³/mol. The van der Waals surface area contributed by atoms with Gasteiger partial charge >= 0.3 is 0 Å². The fourth-order valence-corrected chi connectivity index (χ4v) is 3.21. The minimum atomic E-state index is -0.204. The Morgan fingerprint density at radius 3 is 2.61 bits per heavy atom. The first kappa shape index (κ1) is 13.5. The summed E-state index contributed by atoms with van der Waals surface area (Å²) in [5.41, 5.74) is 1.55. The number of halogens is 2. The van der Waals surface area contributed by atoms with Crippen LogP contribution < -0.4 is 10.1 Å². The van der Waals surface area contributed by atoms with Gasteiger partial charge in [0.15, 0.2) is 0 Å². The second-order valence-electron chi connectivity index (χ2n) is 3.45. The molecule has 0 spiro atoms. The number of ether oxygens (including phenoxy) is 1. The first-order chi connectivity index (χ1) is 8.67. The summed E-state index contributed by atoms with van der Waals surface area (Å²) >= 11 is 13.5. The normalized spacial score (nSPS) is 12.4. The second-order valence-corrected chi connectivity index (χ2v) is 5.74. The fraction of sp³-hybridized carbons (Fsp3) is 0.273. The Morgan fingerprint density at radius 1 is 1.33 bits per heavy atom. The Kier molecular flexibility index (Phi) is 4.40. The van der Waals surface area contributed by atoms with E-state index in [1.54, 1.807) is 19.5 Å². The van der Waals surface area contributed by atoms with Gasteiger partial charge in [-0.2, -0.15) is 0 Å². The summed E-state index contributed by atoms with van der Waals surface area (Å²) in [4.78, 5) is 8.43. The molecule has 1 unspecified atom stereocenters. The van der Waals surface area contributed by atoms with Crippen LogP contribution in [0.5, 0.6) is 5.88 Å². The van der Waals surface area contributed by atoms with Crippen molar-refractivity contribution < 1.29 is 4.74 Å². The first-order valence-corrected chi connectivity index (χ1v) is 6.71. The summed E-state index contributed by atoms with van der Waals surface area (Å²) in [6.07, 6.45) is 3.20. The molecule has 0 aliphatic carbocycles. The molecular formula is C11H11Cl2N3OS. The van der Waals surface area contributed by atoms with E-state index in [-0.39, 0.29) is 6.04 Å². The van der Waals surface area contributed by atoms with E-state index < -0.39 is 0 Å². The van der Waals surface area contributed by atoms with Crippen LogP contribution in [0.1, 0.15) is 17.3 Å². The third kappa shape index (κ3) is 2.59. The van der Waals surface area contributed by atoms with Crippen molar-refractivity contribution in [3.63, 3.8) is 0 Å². The van der Waals surface area contributed by atoms with E-state index in [4.69, 9.17) is 27.9 Å². The van der Waals surface area contributed by atoms with Gasteiger partial charge in [0.05, 0.1) is 21.8 Å². The standard InChI is InChI=1S/C11H11Cl2N3OS/c1-14-8(6-5-7(12)18-10(6)13)9-11(17-2)16-4-3-15-9/h3-5,8,14H,1-2H3. The molecule has 0 aliphatic rings. The molecule has 2 aromatic heterocycles. The molecule has 1 atom stereocenters. The zero-order chi connectivity index (χ0) is 13.1. The molecule has 0 amide bonds. The van der Waals surface area contributed by atoms with E-state index in [2.05, 4.69) is 15.3 Å². The number of thiophene rings is 1. The van der Waals surface area contributed by atoms with Gasteiger partial charge in [0.2, 0.25) is 5.88 Å². The third-order valence-electron chi connectivity index (χ3n) is 2.44. The highest BCUT2D eigenvalue weighted by molar-refractivity contribution is 7.20. The average molecular weight is 304 g/mol. The topological polar surface area (TPSA) is 47.0 Å². The number of methoxy groups -OCH3 is 1. The van der Waals surface area contributed by atoms with Gasteiger partial charge in [0, 0.05) is 18.0 Å². The lowest BCUT2D eigenvalue weighted by atomic mass is 10.1. The molecule has 0 aromatic carbocycles. The smallest absolute Gasteiger partial charge is 0.237 e. The lowest BCUT2D eigenvalue weighted by Crippen LogP contribution is -2.19. The Hall–Kier alpha value is -0.880. The first-order valence-electron chi connectivity index (χ1n) is 5.14. The van der Waals surface area contributed by atoms with E-state index in [1.165, 1.54) is 11.3 Å². The summed E-state index contributed by atoms with van der Waals surface area (Å²) in [6, 6.07) is 1.62. The molecule has 0 bridgehead atoms. The molecular weight excluding hydrogens is 293 g/mol. The molecule has 2 aromatic rings. The van der Waals surface area contributed by atoms with E-state index in [0.29, 0.717) is 20.2 Å². The van der Waals surface area contributed by atoms with Gasteiger partial charge in [-0.3, -0.25) is 4.98 Å². The lowest BCUT2D eigenvalue weighted by molar-refractivity contribution is 0.384. The molecule has 1 N–H and O–H groups in total. The van der Waals surface area contributed by atoms with E-state index in [1.807, 2.05) is 13.1 Å². The molecule has 0 fully saturated rings. The largest absolute Gasteiger partial charge is 0.480 e. The van der Waals surface area contributed by atoms with Crippen molar-refractivity contribution in [2.75, 3.05) is 14.2 Å². The molecule has 2 heterocycles. The van der Waals surface area contributed by atoms with Crippen LogP contribution in [-0.4, -0.2) is 24.1 Å². The number of rotatable bonds is 4. The Morgan fingerprint density at radius 2 is 2.06 bits per heavy atom. The van der Waals surface area contributed by atoms with Crippen LogP contribution in [0.3, 0.4) is 0 Å². The predicted octanol–water partition coefficient (Wildman–Crippen LogP) is 3.16. The highest BCUT2D eigenvalue weighted by Crippen LogP contribution is 2.38. The van der Waals surface area contributed by atoms with Crippen molar-refractivity contribution in [1.29, 1.82) is 0 Å². The maximum atomic E-state index is 6.17. The van der Waals surface area contributed by atoms with Crippen LogP contribution in [0.4, 0.5) is 0 Å². The van der Waals surface area contributed by atoms with E-state index >= 15 is 0 Å². The van der Waals surface area contributed by atoms with Crippen molar-refractivity contribution in [3.05, 3.63) is 38.4 Å². The maximum Gasteiger partial charge on any atom is 0.237 e. The SMILES string of the molecule is CNC(c1cc(Cl)sc1Cl)c1nccnc1OC. The van der Waals surface area contributed by atoms with Gasteiger partial charge in [-0.15, -0.1) is 11.3 Å². The van der Waals surface area contributed by atoms with Crippen molar-refractivity contribution in [1.82, 2.24) is 15.3 Å². The fourth-order valence-electron chi connectivity index (χ4n) is 1.68. The van der Waals surface area contributed by atoms with E-state index in [0.717, 1.165) is 5.56 Å². The Labute approximate surface area is 119 Å². The lowest BCUT2D eigenvalue weighted by Gasteiger charge is -2.16. The molecule has 18 heavy (non-hydrogen) atoms. The minimum absolute atomic E-state index is 0.204. The number of nitrogens with zero attached hydrogens (tertiary/aromatic N) is 2. The Balaban J connectivity index is 2.48. The van der Waals surface area contributed by atoms with E-state index in [9.17, 15) is 0 Å². The highest BCUT2D eigenvalue weighted by Gasteiger charge is 2.23. The van der Waals surface area contributed by atoms with Gasteiger partial charge < -0.3 is 10.1 Å². The molecule has 0 aliphatic heterocycles. The second kappa shape index (κ2) is 5.84.